The molecule has 1 aromatic carbocycles. The Hall–Kier alpha value is -2.36. The lowest BCUT2D eigenvalue weighted by Gasteiger charge is -2.18. The molecule has 0 N–H and O–H groups in total. The van der Waals surface area contributed by atoms with E-state index in [9.17, 15) is 9.18 Å². The smallest absolute Gasteiger partial charge is 0.230 e. The van der Waals surface area contributed by atoms with Gasteiger partial charge in [-0.25, -0.2) is 19.3 Å². The van der Waals surface area contributed by atoms with Gasteiger partial charge in [0.15, 0.2) is 5.13 Å². The third-order valence-electron chi connectivity index (χ3n) is 3.72. The van der Waals surface area contributed by atoms with Crippen LogP contribution < -0.4 is 4.90 Å². The normalized spacial score (nSPS) is 11.0. The highest BCUT2D eigenvalue weighted by molar-refractivity contribution is 7.98. The minimum atomic E-state index is -0.459. The number of carbonyl (C=O) groups excluding carboxylic acids is 1. The van der Waals surface area contributed by atoms with E-state index in [2.05, 4.69) is 15.0 Å². The molecule has 0 saturated heterocycles. The van der Waals surface area contributed by atoms with Gasteiger partial charge in [0.05, 0.1) is 11.4 Å². The molecule has 1 amide bonds. The monoisotopic (exact) mass is 416 g/mol. The number of hydrogen-bond donors (Lipinski definition) is 0. The maximum atomic E-state index is 14.1. The number of amides is 1. The molecule has 0 bridgehead atoms. The molecule has 3 heterocycles. The largest absolute Gasteiger partial charge is 0.274 e. The number of fused-ring (bicyclic) bond motifs is 1. The maximum absolute atomic E-state index is 14.1. The predicted molar refractivity (Wildman–Crippen MR) is 108 cm³/mol. The molecule has 3 aromatic heterocycles. The molecular weight excluding hydrogens is 403 g/mol. The van der Waals surface area contributed by atoms with E-state index in [0.29, 0.717) is 10.9 Å². The first-order valence-electron chi connectivity index (χ1n) is 7.94. The zero-order valence-electron chi connectivity index (χ0n) is 14.1. The summed E-state index contributed by atoms with van der Waals surface area (Å²) >= 11 is 4.45. The van der Waals surface area contributed by atoms with E-state index in [1.54, 1.807) is 47.6 Å². The van der Waals surface area contributed by atoms with Gasteiger partial charge >= 0.3 is 0 Å². The molecule has 0 spiro atoms. The van der Waals surface area contributed by atoms with Crippen molar-refractivity contribution < 1.29 is 9.18 Å². The molecule has 0 saturated carbocycles. The number of rotatable bonds is 5. The zero-order valence-corrected chi connectivity index (χ0v) is 16.6. The van der Waals surface area contributed by atoms with E-state index in [0.717, 1.165) is 20.9 Å². The summed E-state index contributed by atoms with van der Waals surface area (Å²) in [4.78, 5) is 27.5. The molecule has 0 aliphatic carbocycles. The van der Waals surface area contributed by atoms with Gasteiger partial charge in [-0.1, -0.05) is 23.9 Å². The molecule has 0 fully saturated rings. The van der Waals surface area contributed by atoms with Crippen molar-refractivity contribution in [3.8, 4) is 0 Å². The summed E-state index contributed by atoms with van der Waals surface area (Å²) in [7, 11) is 0. The fourth-order valence-corrected chi connectivity index (χ4v) is 5.19. The van der Waals surface area contributed by atoms with E-state index >= 15 is 0 Å². The lowest BCUT2D eigenvalue weighted by Crippen LogP contribution is -2.23. The average Bonchev–Trinajstić information content (AvgIpc) is 3.31. The van der Waals surface area contributed by atoms with Crippen LogP contribution in [0.2, 0.25) is 0 Å². The van der Waals surface area contributed by atoms with Crippen molar-refractivity contribution >= 4 is 61.4 Å². The second-order valence-corrected chi connectivity index (χ2v) is 8.23. The molecule has 5 nitrogen and oxygen atoms in total. The Balaban J connectivity index is 1.56. The summed E-state index contributed by atoms with van der Waals surface area (Å²) in [6.07, 6.45) is 1.56. The highest BCUT2D eigenvalue weighted by atomic mass is 32.2. The first-order valence-corrected chi connectivity index (χ1v) is 10.7. The van der Waals surface area contributed by atoms with Gasteiger partial charge in [-0.2, -0.15) is 0 Å². The van der Waals surface area contributed by atoms with Crippen LogP contribution >= 0.6 is 34.4 Å². The molecule has 27 heavy (non-hydrogen) atoms. The Morgan fingerprint density at radius 3 is 2.89 bits per heavy atom. The first-order chi connectivity index (χ1) is 13.1. The molecule has 4 aromatic rings. The van der Waals surface area contributed by atoms with Gasteiger partial charge in [-0.3, -0.25) is 9.69 Å². The van der Waals surface area contributed by atoms with Crippen molar-refractivity contribution in [1.82, 2.24) is 15.0 Å². The quantitative estimate of drug-likeness (QED) is 0.328. The van der Waals surface area contributed by atoms with Crippen molar-refractivity contribution in [2.75, 3.05) is 4.90 Å². The molecular formula is C18H13FN4OS3. The Bertz CT molecular complexity index is 1110. The van der Waals surface area contributed by atoms with Crippen LogP contribution in [0.15, 0.2) is 52.4 Å². The van der Waals surface area contributed by atoms with Gasteiger partial charge in [0.2, 0.25) is 5.91 Å². The number of thiophene rings is 1. The topological polar surface area (TPSA) is 59.0 Å². The number of benzene rings is 1. The Labute approximate surface area is 166 Å². The molecule has 0 aliphatic heterocycles. The summed E-state index contributed by atoms with van der Waals surface area (Å²) in [5.74, 6) is -0.148. The molecule has 0 atom stereocenters. The summed E-state index contributed by atoms with van der Waals surface area (Å²) in [6.45, 7) is 1.40. The minimum absolute atomic E-state index is 0.203. The van der Waals surface area contributed by atoms with E-state index in [-0.39, 0.29) is 11.6 Å². The predicted octanol–water partition coefficient (Wildman–Crippen LogP) is 5.26. The van der Waals surface area contributed by atoms with Gasteiger partial charge in [-0.05, 0) is 23.6 Å². The summed E-state index contributed by atoms with van der Waals surface area (Å²) in [6, 6.07) is 8.19. The molecule has 0 radical (unpaired) electrons. The molecule has 4 rings (SSSR count). The lowest BCUT2D eigenvalue weighted by molar-refractivity contribution is -0.115. The van der Waals surface area contributed by atoms with Gasteiger partial charge in [0.1, 0.15) is 22.0 Å². The highest BCUT2D eigenvalue weighted by Gasteiger charge is 2.21. The van der Waals surface area contributed by atoms with Crippen LogP contribution in [-0.4, -0.2) is 20.9 Å². The third-order valence-corrected chi connectivity index (χ3v) is 6.46. The van der Waals surface area contributed by atoms with Crippen LogP contribution in [-0.2, 0) is 10.5 Å². The van der Waals surface area contributed by atoms with Crippen LogP contribution in [0.25, 0.3) is 10.2 Å². The van der Waals surface area contributed by atoms with Gasteiger partial charge in [-0.15, -0.1) is 22.7 Å². The fourth-order valence-electron chi connectivity index (χ4n) is 2.53. The van der Waals surface area contributed by atoms with Crippen LogP contribution in [0.5, 0.6) is 0 Å². The highest BCUT2D eigenvalue weighted by Crippen LogP contribution is 2.34. The van der Waals surface area contributed by atoms with Crippen molar-refractivity contribution in [1.29, 1.82) is 0 Å². The van der Waals surface area contributed by atoms with E-state index in [1.165, 1.54) is 29.2 Å². The minimum Gasteiger partial charge on any atom is -0.274 e. The third kappa shape index (κ3) is 3.71. The number of thioether (sulfide) groups is 1. The van der Waals surface area contributed by atoms with Gasteiger partial charge in [0.25, 0.3) is 0 Å². The molecule has 136 valence electrons. The van der Waals surface area contributed by atoms with Crippen LogP contribution in [0, 0.1) is 5.82 Å². The number of nitrogens with zero attached hydrogens (tertiary/aromatic N) is 4. The fraction of sp³-hybridized carbons (Fsp3) is 0.111. The summed E-state index contributed by atoms with van der Waals surface area (Å²) in [5, 5.41) is 6.24. The number of aromatic nitrogens is 3. The van der Waals surface area contributed by atoms with Crippen molar-refractivity contribution in [3.05, 3.63) is 58.9 Å². The van der Waals surface area contributed by atoms with Gasteiger partial charge < -0.3 is 0 Å². The van der Waals surface area contributed by atoms with Crippen molar-refractivity contribution in [2.24, 2.45) is 0 Å². The zero-order chi connectivity index (χ0) is 18.8. The first kappa shape index (κ1) is 18.0. The number of hydrogen-bond acceptors (Lipinski definition) is 7. The van der Waals surface area contributed by atoms with E-state index < -0.39 is 5.82 Å². The second-order valence-electron chi connectivity index (χ2n) is 5.53. The number of carbonyl (C=O) groups is 1. The molecule has 9 heteroatoms. The molecule has 0 unspecified atom stereocenters. The van der Waals surface area contributed by atoms with Gasteiger partial charge in [0, 0.05) is 23.4 Å². The Kier molecular flexibility index (Phi) is 5.15. The number of para-hydroxylation sites is 1. The lowest BCUT2D eigenvalue weighted by atomic mass is 10.3. The standard InChI is InChI=1S/C18H13FN4OS3/c1-11(24)23(15-5-3-2-4-14(15)19)18-22-12(9-27-18)8-26-17-13-6-7-25-16(13)20-10-21-17/h2-7,9-10H,8H2,1H3. The van der Waals surface area contributed by atoms with E-state index in [1.807, 2.05) is 16.8 Å². The second kappa shape index (κ2) is 7.71. The van der Waals surface area contributed by atoms with Crippen LogP contribution in [0.3, 0.4) is 0 Å². The summed E-state index contributed by atoms with van der Waals surface area (Å²) in [5.41, 5.74) is 1.01. The summed E-state index contributed by atoms with van der Waals surface area (Å²) < 4.78 is 14.1. The Morgan fingerprint density at radius 2 is 2.07 bits per heavy atom. The number of halogens is 1. The molecule has 0 aliphatic rings. The van der Waals surface area contributed by atoms with E-state index in [4.69, 9.17) is 0 Å². The SMILES string of the molecule is CC(=O)N(c1nc(CSc2ncnc3sccc23)cs1)c1ccccc1F. The average molecular weight is 417 g/mol. The van der Waals surface area contributed by atoms with Crippen molar-refractivity contribution in [3.63, 3.8) is 0 Å². The maximum Gasteiger partial charge on any atom is 0.230 e. The number of thiazole rings is 1. The van der Waals surface area contributed by atoms with Crippen LogP contribution in [0.4, 0.5) is 15.2 Å². The van der Waals surface area contributed by atoms with Crippen LogP contribution in [0.1, 0.15) is 12.6 Å². The Morgan fingerprint density at radius 1 is 1.22 bits per heavy atom. The number of anilines is 2. The van der Waals surface area contributed by atoms with Crippen molar-refractivity contribution in [2.45, 2.75) is 17.7 Å².